The lowest BCUT2D eigenvalue weighted by atomic mass is 10.2. The first-order valence-electron chi connectivity index (χ1n) is 6.41. The van der Waals surface area contributed by atoms with Crippen molar-refractivity contribution >= 4 is 5.84 Å². The molecule has 4 heteroatoms. The standard InChI is InChI=1S/C12H24N4/c1-8-6-11(8)7-15-12-10(3)14-5-4-9(2)16(12)13/h8-11,14H,4-7,13H2,1-3H3. The van der Waals surface area contributed by atoms with Crippen LogP contribution in [0.15, 0.2) is 4.99 Å². The Labute approximate surface area is 98.3 Å². The summed E-state index contributed by atoms with van der Waals surface area (Å²) in [6, 6.07) is 0.664. The number of nitrogens with zero attached hydrogens (tertiary/aromatic N) is 2. The Morgan fingerprint density at radius 2 is 2.12 bits per heavy atom. The fourth-order valence-corrected chi connectivity index (χ4v) is 2.27. The first-order valence-corrected chi connectivity index (χ1v) is 6.41. The molecule has 4 unspecified atom stereocenters. The van der Waals surface area contributed by atoms with Crippen molar-refractivity contribution in [1.29, 1.82) is 0 Å². The minimum Gasteiger partial charge on any atom is -0.307 e. The molecule has 0 aromatic heterocycles. The fourth-order valence-electron chi connectivity index (χ4n) is 2.27. The Morgan fingerprint density at radius 1 is 1.44 bits per heavy atom. The third-order valence-electron chi connectivity index (χ3n) is 3.90. The number of rotatable bonds is 2. The van der Waals surface area contributed by atoms with Gasteiger partial charge in [0.15, 0.2) is 0 Å². The van der Waals surface area contributed by atoms with Crippen LogP contribution in [0.25, 0.3) is 0 Å². The van der Waals surface area contributed by atoms with Crippen LogP contribution in [0, 0.1) is 11.8 Å². The van der Waals surface area contributed by atoms with E-state index in [-0.39, 0.29) is 6.04 Å². The second kappa shape index (κ2) is 4.72. The van der Waals surface area contributed by atoms with Gasteiger partial charge >= 0.3 is 0 Å². The van der Waals surface area contributed by atoms with Crippen LogP contribution in [0.1, 0.15) is 33.6 Å². The molecule has 4 atom stereocenters. The number of nitrogens with one attached hydrogen (secondary N) is 1. The smallest absolute Gasteiger partial charge is 0.130 e. The maximum absolute atomic E-state index is 6.12. The molecule has 0 radical (unpaired) electrons. The number of aliphatic imine (C=N–C) groups is 1. The minimum atomic E-state index is 0.281. The lowest BCUT2D eigenvalue weighted by Crippen LogP contribution is -2.48. The molecule has 1 saturated carbocycles. The lowest BCUT2D eigenvalue weighted by Gasteiger charge is -2.26. The monoisotopic (exact) mass is 224 g/mol. The minimum absolute atomic E-state index is 0.281. The summed E-state index contributed by atoms with van der Waals surface area (Å²) < 4.78 is 0. The third kappa shape index (κ3) is 2.55. The molecule has 2 aliphatic rings. The largest absolute Gasteiger partial charge is 0.307 e. The van der Waals surface area contributed by atoms with Crippen molar-refractivity contribution in [2.24, 2.45) is 22.7 Å². The van der Waals surface area contributed by atoms with Gasteiger partial charge < -0.3 is 5.32 Å². The summed E-state index contributed by atoms with van der Waals surface area (Å²) in [5.74, 6) is 8.81. The predicted molar refractivity (Wildman–Crippen MR) is 67.1 cm³/mol. The maximum atomic E-state index is 6.12. The summed E-state index contributed by atoms with van der Waals surface area (Å²) in [4.78, 5) is 4.72. The number of hydrazine groups is 1. The van der Waals surface area contributed by atoms with E-state index in [1.54, 1.807) is 0 Å². The van der Waals surface area contributed by atoms with Crippen LogP contribution >= 0.6 is 0 Å². The van der Waals surface area contributed by atoms with Crippen LogP contribution in [0.3, 0.4) is 0 Å². The van der Waals surface area contributed by atoms with Gasteiger partial charge in [0, 0.05) is 12.6 Å². The van der Waals surface area contributed by atoms with Crippen LogP contribution in [-0.2, 0) is 0 Å². The van der Waals surface area contributed by atoms with Gasteiger partial charge in [0.25, 0.3) is 0 Å². The van der Waals surface area contributed by atoms with Gasteiger partial charge in [-0.05, 0) is 45.1 Å². The normalized spacial score (nSPS) is 42.2. The van der Waals surface area contributed by atoms with Gasteiger partial charge in [-0.3, -0.25) is 10.0 Å². The SMILES string of the molecule is CC1NCCC(C)N(N)C1=NCC1CC1C. The second-order valence-corrected chi connectivity index (χ2v) is 5.39. The van der Waals surface area contributed by atoms with E-state index in [0.29, 0.717) is 6.04 Å². The van der Waals surface area contributed by atoms with Crippen LogP contribution < -0.4 is 11.2 Å². The molecule has 0 spiro atoms. The zero-order chi connectivity index (χ0) is 11.7. The molecule has 0 aromatic rings. The van der Waals surface area contributed by atoms with Crippen molar-refractivity contribution in [3.05, 3.63) is 0 Å². The van der Waals surface area contributed by atoms with Crippen LogP contribution in [0.2, 0.25) is 0 Å². The van der Waals surface area contributed by atoms with E-state index in [0.717, 1.165) is 37.2 Å². The van der Waals surface area contributed by atoms with Crippen molar-refractivity contribution in [2.45, 2.75) is 45.7 Å². The second-order valence-electron chi connectivity index (χ2n) is 5.39. The molecule has 0 bridgehead atoms. The summed E-state index contributed by atoms with van der Waals surface area (Å²) in [6.07, 6.45) is 2.42. The first-order chi connectivity index (χ1) is 7.59. The summed E-state index contributed by atoms with van der Waals surface area (Å²) >= 11 is 0. The highest BCUT2D eigenvalue weighted by atomic mass is 15.5. The van der Waals surface area contributed by atoms with E-state index in [2.05, 4.69) is 26.1 Å². The molecule has 92 valence electrons. The zero-order valence-corrected chi connectivity index (χ0v) is 10.6. The van der Waals surface area contributed by atoms with Crippen LogP contribution in [0.5, 0.6) is 0 Å². The topological polar surface area (TPSA) is 53.6 Å². The molecule has 2 fully saturated rings. The van der Waals surface area contributed by atoms with Gasteiger partial charge in [-0.25, -0.2) is 5.84 Å². The fraction of sp³-hybridized carbons (Fsp3) is 0.917. The van der Waals surface area contributed by atoms with Gasteiger partial charge in [0.05, 0.1) is 6.04 Å². The van der Waals surface area contributed by atoms with E-state index in [4.69, 9.17) is 10.8 Å². The van der Waals surface area contributed by atoms with Gasteiger partial charge in [-0.1, -0.05) is 6.92 Å². The van der Waals surface area contributed by atoms with Crippen molar-refractivity contribution < 1.29 is 0 Å². The molecule has 1 saturated heterocycles. The Kier molecular flexibility index (Phi) is 3.50. The Balaban J connectivity index is 2.01. The zero-order valence-electron chi connectivity index (χ0n) is 10.6. The molecule has 1 heterocycles. The molecular formula is C12H24N4. The molecule has 16 heavy (non-hydrogen) atoms. The van der Waals surface area contributed by atoms with Gasteiger partial charge in [-0.2, -0.15) is 0 Å². The quantitative estimate of drug-likeness (QED) is 0.688. The maximum Gasteiger partial charge on any atom is 0.130 e. The first kappa shape index (κ1) is 11.9. The summed E-state index contributed by atoms with van der Waals surface area (Å²) in [6.45, 7) is 8.57. The number of nitrogens with two attached hydrogens (primary N) is 1. The predicted octanol–water partition coefficient (Wildman–Crippen LogP) is 0.987. The molecule has 1 aliphatic carbocycles. The highest BCUT2D eigenvalue weighted by Crippen LogP contribution is 2.37. The Hall–Kier alpha value is -0.610. The number of amidine groups is 1. The molecule has 0 amide bonds. The average Bonchev–Trinajstić information content (AvgIpc) is 2.94. The van der Waals surface area contributed by atoms with E-state index in [1.807, 2.05) is 5.01 Å². The van der Waals surface area contributed by atoms with E-state index in [1.165, 1.54) is 6.42 Å². The number of hydrogen-bond acceptors (Lipinski definition) is 3. The summed E-state index contributed by atoms with van der Waals surface area (Å²) in [5, 5.41) is 5.32. The van der Waals surface area contributed by atoms with E-state index in [9.17, 15) is 0 Å². The number of hydrogen-bond donors (Lipinski definition) is 2. The Bertz CT molecular complexity index is 276. The molecule has 2 rings (SSSR count). The molecule has 4 nitrogen and oxygen atoms in total. The van der Waals surface area contributed by atoms with Crippen molar-refractivity contribution in [3.63, 3.8) is 0 Å². The van der Waals surface area contributed by atoms with Gasteiger partial charge in [0.1, 0.15) is 5.84 Å². The molecule has 0 aromatic carbocycles. The summed E-state index contributed by atoms with van der Waals surface area (Å²) in [7, 11) is 0. The lowest BCUT2D eigenvalue weighted by molar-refractivity contribution is 0.331. The average molecular weight is 224 g/mol. The van der Waals surface area contributed by atoms with Crippen molar-refractivity contribution in [1.82, 2.24) is 10.3 Å². The van der Waals surface area contributed by atoms with Gasteiger partial charge in [0.2, 0.25) is 0 Å². The molecular weight excluding hydrogens is 200 g/mol. The summed E-state index contributed by atoms with van der Waals surface area (Å²) in [5.41, 5.74) is 0. The highest BCUT2D eigenvalue weighted by Gasteiger charge is 2.33. The molecule has 1 aliphatic heterocycles. The van der Waals surface area contributed by atoms with E-state index < -0.39 is 0 Å². The van der Waals surface area contributed by atoms with E-state index >= 15 is 0 Å². The van der Waals surface area contributed by atoms with Crippen LogP contribution in [0.4, 0.5) is 0 Å². The third-order valence-corrected chi connectivity index (χ3v) is 3.90. The van der Waals surface area contributed by atoms with Crippen molar-refractivity contribution in [3.8, 4) is 0 Å². The van der Waals surface area contributed by atoms with Crippen molar-refractivity contribution in [2.75, 3.05) is 13.1 Å². The van der Waals surface area contributed by atoms with Crippen LogP contribution in [-0.4, -0.2) is 36.0 Å². The highest BCUT2D eigenvalue weighted by molar-refractivity contribution is 5.87. The molecule has 3 N–H and O–H groups in total. The Morgan fingerprint density at radius 3 is 2.75 bits per heavy atom. The van der Waals surface area contributed by atoms with Gasteiger partial charge in [-0.15, -0.1) is 0 Å².